The summed E-state index contributed by atoms with van der Waals surface area (Å²) in [7, 11) is 0. The standard InChI is InChI=1S/C33H23N5O7/c39-27(17-19-9-11-21(12-10-19)37(42)43)35-34-18-33-25-7-3-1-5-23(25)28(24-6-2-4-8-26(24)33)29-30(33)32(41)36(31(29)40)20-13-15-22(16-14-20)38(44)45/h1-16,18,28-30H,17H2,(H,35,39)/b34-18-/t28?,29-,30+,33?/m1/s1. The molecule has 222 valence electrons. The van der Waals surface area contributed by atoms with Crippen LogP contribution in [0.4, 0.5) is 17.1 Å². The van der Waals surface area contributed by atoms with Crippen molar-refractivity contribution in [3.05, 3.63) is 145 Å². The lowest BCUT2D eigenvalue weighted by Gasteiger charge is -2.52. The van der Waals surface area contributed by atoms with E-state index in [9.17, 15) is 34.6 Å². The first-order valence-corrected chi connectivity index (χ1v) is 14.1. The fourth-order valence-electron chi connectivity index (χ4n) is 7.19. The molecule has 4 aliphatic rings. The van der Waals surface area contributed by atoms with E-state index >= 15 is 0 Å². The van der Waals surface area contributed by atoms with E-state index < -0.39 is 50.7 Å². The number of non-ortho nitro benzene ring substituents is 2. The van der Waals surface area contributed by atoms with Crippen LogP contribution in [0.2, 0.25) is 0 Å². The molecule has 0 unspecified atom stereocenters. The van der Waals surface area contributed by atoms with Crippen molar-refractivity contribution in [1.29, 1.82) is 0 Å². The molecule has 1 fully saturated rings. The molecular formula is C33H23N5O7. The van der Waals surface area contributed by atoms with Gasteiger partial charge in [-0.2, -0.15) is 5.10 Å². The molecule has 1 aliphatic heterocycles. The number of amides is 3. The van der Waals surface area contributed by atoms with E-state index in [1.807, 2.05) is 48.5 Å². The summed E-state index contributed by atoms with van der Waals surface area (Å²) in [4.78, 5) is 63.7. The predicted octanol–water partition coefficient (Wildman–Crippen LogP) is 4.40. The third kappa shape index (κ3) is 4.13. The van der Waals surface area contributed by atoms with Crippen LogP contribution in [-0.2, 0) is 26.2 Å². The van der Waals surface area contributed by atoms with E-state index in [0.29, 0.717) is 5.56 Å². The van der Waals surface area contributed by atoms with Crippen LogP contribution in [0.25, 0.3) is 0 Å². The molecule has 1 N–H and O–H groups in total. The van der Waals surface area contributed by atoms with Gasteiger partial charge in [-0.15, -0.1) is 0 Å². The normalized spacial score (nSPS) is 22.6. The molecule has 2 atom stereocenters. The number of hydrogen-bond donors (Lipinski definition) is 1. The van der Waals surface area contributed by atoms with Gasteiger partial charge in [-0.25, -0.2) is 10.3 Å². The maximum Gasteiger partial charge on any atom is 0.269 e. The van der Waals surface area contributed by atoms with Crippen LogP contribution < -0.4 is 10.3 Å². The highest BCUT2D eigenvalue weighted by Crippen LogP contribution is 2.63. The molecule has 8 rings (SSSR count). The lowest BCUT2D eigenvalue weighted by atomic mass is 9.47. The van der Waals surface area contributed by atoms with Crippen LogP contribution in [-0.4, -0.2) is 33.8 Å². The molecule has 4 aromatic carbocycles. The number of nitro groups is 2. The van der Waals surface area contributed by atoms with Crippen molar-refractivity contribution < 1.29 is 24.2 Å². The zero-order valence-electron chi connectivity index (χ0n) is 23.4. The Labute approximate surface area is 255 Å². The SMILES string of the molecule is O=C(Cc1ccc([N+](=O)[O-])cc1)N/N=C\C12c3ccccc3C(c3ccccc31)[C@H]1C(=O)N(c3ccc([N+](=O)[O-])cc3)C(=O)[C@H]12. The number of anilines is 1. The first-order valence-electron chi connectivity index (χ1n) is 14.1. The summed E-state index contributed by atoms with van der Waals surface area (Å²) in [6.45, 7) is 0. The molecule has 0 radical (unpaired) electrons. The lowest BCUT2D eigenvalue weighted by molar-refractivity contribution is -0.385. The number of rotatable bonds is 7. The van der Waals surface area contributed by atoms with Gasteiger partial charge < -0.3 is 0 Å². The van der Waals surface area contributed by atoms with Gasteiger partial charge in [-0.05, 0) is 39.9 Å². The van der Waals surface area contributed by atoms with Crippen molar-refractivity contribution in [2.24, 2.45) is 16.9 Å². The average molecular weight is 602 g/mol. The second kappa shape index (κ2) is 10.3. The zero-order valence-corrected chi connectivity index (χ0v) is 23.4. The number of benzene rings is 4. The summed E-state index contributed by atoms with van der Waals surface area (Å²) < 4.78 is 0. The Kier molecular flexibility index (Phi) is 6.36. The van der Waals surface area contributed by atoms with Gasteiger partial charge in [0, 0.05) is 36.4 Å². The first-order chi connectivity index (χ1) is 21.7. The Morgan fingerprint density at radius 1 is 0.800 bits per heavy atom. The number of nitrogens with one attached hydrogen (secondary N) is 1. The van der Waals surface area contributed by atoms with Gasteiger partial charge in [0.2, 0.25) is 17.7 Å². The van der Waals surface area contributed by atoms with Crippen molar-refractivity contribution in [3.8, 4) is 0 Å². The third-order valence-electron chi connectivity index (χ3n) is 8.97. The van der Waals surface area contributed by atoms with Crippen molar-refractivity contribution in [2.75, 3.05) is 4.90 Å². The summed E-state index contributed by atoms with van der Waals surface area (Å²) in [5, 5.41) is 26.6. The molecule has 3 aliphatic carbocycles. The number of hydrogen-bond acceptors (Lipinski definition) is 8. The highest BCUT2D eigenvalue weighted by Gasteiger charge is 2.68. The predicted molar refractivity (Wildman–Crippen MR) is 162 cm³/mol. The zero-order chi connectivity index (χ0) is 31.5. The van der Waals surface area contributed by atoms with E-state index in [1.165, 1.54) is 54.7 Å². The van der Waals surface area contributed by atoms with E-state index in [1.54, 1.807) is 0 Å². The third-order valence-corrected chi connectivity index (χ3v) is 8.97. The number of imide groups is 1. The van der Waals surface area contributed by atoms with Gasteiger partial charge in [-0.1, -0.05) is 60.7 Å². The highest BCUT2D eigenvalue weighted by molar-refractivity contribution is 6.25. The fourth-order valence-corrected chi connectivity index (χ4v) is 7.19. The smallest absolute Gasteiger partial charge is 0.269 e. The Morgan fingerprint density at radius 3 is 1.89 bits per heavy atom. The Morgan fingerprint density at radius 2 is 1.33 bits per heavy atom. The Bertz CT molecular complexity index is 1910. The van der Waals surface area contributed by atoms with Gasteiger partial charge in [-0.3, -0.25) is 34.6 Å². The van der Waals surface area contributed by atoms with E-state index in [2.05, 4.69) is 10.5 Å². The van der Waals surface area contributed by atoms with Crippen molar-refractivity contribution in [2.45, 2.75) is 17.8 Å². The average Bonchev–Trinajstić information content (AvgIpc) is 3.32. The fraction of sp³-hybridized carbons (Fsp3) is 0.152. The minimum absolute atomic E-state index is 0.0883. The van der Waals surface area contributed by atoms with Gasteiger partial charge in [0.05, 0.1) is 39.2 Å². The number of nitrogens with zero attached hydrogens (tertiary/aromatic N) is 4. The van der Waals surface area contributed by atoms with Crippen molar-refractivity contribution in [1.82, 2.24) is 5.43 Å². The van der Waals surface area contributed by atoms with E-state index in [4.69, 9.17) is 0 Å². The summed E-state index contributed by atoms with van der Waals surface area (Å²) in [5.74, 6) is -3.43. The summed E-state index contributed by atoms with van der Waals surface area (Å²) in [6.07, 6.45) is 1.45. The number of carbonyl (C=O) groups excluding carboxylic acids is 3. The minimum atomic E-state index is -1.21. The number of carbonyl (C=O) groups is 3. The highest BCUT2D eigenvalue weighted by atomic mass is 16.6. The summed E-state index contributed by atoms with van der Waals surface area (Å²) in [5.41, 5.74) is 5.23. The Balaban J connectivity index is 1.29. The molecule has 12 nitrogen and oxygen atoms in total. The molecule has 0 aromatic heterocycles. The monoisotopic (exact) mass is 601 g/mol. The first kappa shape index (κ1) is 27.8. The molecule has 1 saturated heterocycles. The quantitative estimate of drug-likeness (QED) is 0.142. The largest absolute Gasteiger partial charge is 0.274 e. The molecule has 2 bridgehead atoms. The molecule has 45 heavy (non-hydrogen) atoms. The van der Waals surface area contributed by atoms with Crippen molar-refractivity contribution in [3.63, 3.8) is 0 Å². The summed E-state index contributed by atoms with van der Waals surface area (Å²) >= 11 is 0. The summed E-state index contributed by atoms with van der Waals surface area (Å²) in [6, 6.07) is 26.1. The van der Waals surface area contributed by atoms with Gasteiger partial charge in [0.25, 0.3) is 11.4 Å². The molecule has 1 heterocycles. The van der Waals surface area contributed by atoms with Crippen LogP contribution in [0.5, 0.6) is 0 Å². The molecule has 12 heteroatoms. The van der Waals surface area contributed by atoms with E-state index in [-0.39, 0.29) is 23.5 Å². The molecule has 0 saturated carbocycles. The van der Waals surface area contributed by atoms with Gasteiger partial charge in [0.15, 0.2) is 0 Å². The second-order valence-corrected chi connectivity index (χ2v) is 11.2. The maximum absolute atomic E-state index is 14.4. The second-order valence-electron chi connectivity index (χ2n) is 11.2. The van der Waals surface area contributed by atoms with Crippen LogP contribution >= 0.6 is 0 Å². The number of hydrazone groups is 1. The van der Waals surface area contributed by atoms with Crippen molar-refractivity contribution >= 4 is 41.0 Å². The molecule has 0 spiro atoms. The Hall–Kier alpha value is -6.04. The van der Waals surface area contributed by atoms with Crippen LogP contribution in [0, 0.1) is 32.1 Å². The van der Waals surface area contributed by atoms with Gasteiger partial charge in [0.1, 0.15) is 0 Å². The van der Waals surface area contributed by atoms with Crippen LogP contribution in [0.15, 0.2) is 102 Å². The molecular weight excluding hydrogens is 578 g/mol. The van der Waals surface area contributed by atoms with Gasteiger partial charge >= 0.3 is 0 Å². The minimum Gasteiger partial charge on any atom is -0.274 e. The van der Waals surface area contributed by atoms with Crippen LogP contribution in [0.1, 0.15) is 33.7 Å². The molecule has 4 aromatic rings. The maximum atomic E-state index is 14.4. The molecule has 3 amide bonds. The number of nitro benzene ring substituents is 2. The topological polar surface area (TPSA) is 165 Å². The van der Waals surface area contributed by atoms with E-state index in [0.717, 1.165) is 27.2 Å². The van der Waals surface area contributed by atoms with Crippen LogP contribution in [0.3, 0.4) is 0 Å². The lowest BCUT2D eigenvalue weighted by Crippen LogP contribution is -2.54.